The number of anilines is 1. The largest absolute Gasteiger partial charge is 0.313 e. The predicted octanol–water partition coefficient (Wildman–Crippen LogP) is 3.42. The SMILES string of the molecule is CC(=O)N(CCCCN1C(=O)c2ccccc2C1=O)c1ccc(C)cc1. The summed E-state index contributed by atoms with van der Waals surface area (Å²) in [4.78, 5) is 39.6. The minimum Gasteiger partial charge on any atom is -0.313 e. The quantitative estimate of drug-likeness (QED) is 0.592. The average molecular weight is 350 g/mol. The maximum atomic E-state index is 12.3. The van der Waals surface area contributed by atoms with E-state index in [4.69, 9.17) is 0 Å². The van der Waals surface area contributed by atoms with E-state index in [1.54, 1.807) is 36.1 Å². The van der Waals surface area contributed by atoms with Crippen LogP contribution in [0.25, 0.3) is 0 Å². The van der Waals surface area contributed by atoms with Gasteiger partial charge in [-0.25, -0.2) is 0 Å². The Labute approximate surface area is 153 Å². The molecule has 0 fully saturated rings. The lowest BCUT2D eigenvalue weighted by atomic mass is 10.1. The van der Waals surface area contributed by atoms with Gasteiger partial charge in [-0.3, -0.25) is 19.3 Å². The standard InChI is InChI=1S/C21H22N2O3/c1-15-9-11-17(12-10-15)22(16(2)24)13-5-6-14-23-20(25)18-7-3-4-8-19(18)21(23)26/h3-4,7-12H,5-6,13-14H2,1-2H3. The van der Waals surface area contributed by atoms with Gasteiger partial charge in [-0.1, -0.05) is 29.8 Å². The highest BCUT2D eigenvalue weighted by atomic mass is 16.2. The summed E-state index contributed by atoms with van der Waals surface area (Å²) in [5, 5.41) is 0. The number of amides is 3. The van der Waals surface area contributed by atoms with Crippen molar-refractivity contribution in [3.8, 4) is 0 Å². The van der Waals surface area contributed by atoms with Crippen molar-refractivity contribution in [3.63, 3.8) is 0 Å². The van der Waals surface area contributed by atoms with Crippen molar-refractivity contribution >= 4 is 23.4 Å². The molecule has 5 nitrogen and oxygen atoms in total. The average Bonchev–Trinajstić information content (AvgIpc) is 2.87. The fourth-order valence-electron chi connectivity index (χ4n) is 3.18. The van der Waals surface area contributed by atoms with Gasteiger partial charge in [-0.2, -0.15) is 0 Å². The Bertz CT molecular complexity index is 808. The minimum absolute atomic E-state index is 0.0189. The van der Waals surface area contributed by atoms with Crippen molar-refractivity contribution in [2.75, 3.05) is 18.0 Å². The van der Waals surface area contributed by atoms with E-state index in [1.807, 2.05) is 31.2 Å². The zero-order valence-corrected chi connectivity index (χ0v) is 15.1. The zero-order chi connectivity index (χ0) is 18.7. The van der Waals surface area contributed by atoms with Gasteiger partial charge in [-0.05, 0) is 44.0 Å². The Morgan fingerprint density at radius 3 is 2.04 bits per heavy atom. The molecule has 26 heavy (non-hydrogen) atoms. The Morgan fingerprint density at radius 1 is 0.923 bits per heavy atom. The van der Waals surface area contributed by atoms with Crippen molar-refractivity contribution in [1.29, 1.82) is 0 Å². The van der Waals surface area contributed by atoms with E-state index in [0.717, 1.165) is 11.3 Å². The van der Waals surface area contributed by atoms with Crippen LogP contribution in [0.1, 0.15) is 46.0 Å². The lowest BCUT2D eigenvalue weighted by Crippen LogP contribution is -2.32. The number of carbonyl (C=O) groups is 3. The molecule has 0 saturated heterocycles. The number of unbranched alkanes of at least 4 members (excludes halogenated alkanes) is 1. The third-order valence-corrected chi connectivity index (χ3v) is 4.62. The highest BCUT2D eigenvalue weighted by Gasteiger charge is 2.34. The summed E-state index contributed by atoms with van der Waals surface area (Å²) >= 11 is 0. The van der Waals surface area contributed by atoms with E-state index < -0.39 is 0 Å². The monoisotopic (exact) mass is 350 g/mol. The third kappa shape index (κ3) is 3.52. The molecule has 5 heteroatoms. The van der Waals surface area contributed by atoms with Crippen LogP contribution in [0.3, 0.4) is 0 Å². The summed E-state index contributed by atoms with van der Waals surface area (Å²) in [5.74, 6) is -0.477. The van der Waals surface area contributed by atoms with Gasteiger partial charge in [0.15, 0.2) is 0 Å². The first-order chi connectivity index (χ1) is 12.5. The minimum atomic E-state index is -0.229. The lowest BCUT2D eigenvalue weighted by Gasteiger charge is -2.22. The molecule has 0 spiro atoms. The summed E-state index contributed by atoms with van der Waals surface area (Å²) < 4.78 is 0. The third-order valence-electron chi connectivity index (χ3n) is 4.62. The second kappa shape index (κ2) is 7.52. The number of fused-ring (bicyclic) bond motifs is 1. The zero-order valence-electron chi connectivity index (χ0n) is 15.1. The molecular formula is C21H22N2O3. The van der Waals surface area contributed by atoms with Crippen LogP contribution in [0.5, 0.6) is 0 Å². The van der Waals surface area contributed by atoms with E-state index in [9.17, 15) is 14.4 Å². The van der Waals surface area contributed by atoms with E-state index in [2.05, 4.69) is 0 Å². The van der Waals surface area contributed by atoms with Crippen molar-refractivity contribution in [2.45, 2.75) is 26.7 Å². The van der Waals surface area contributed by atoms with Gasteiger partial charge in [0.1, 0.15) is 0 Å². The van der Waals surface area contributed by atoms with Crippen molar-refractivity contribution in [2.24, 2.45) is 0 Å². The number of imide groups is 1. The maximum Gasteiger partial charge on any atom is 0.261 e. The second-order valence-corrected chi connectivity index (χ2v) is 6.52. The predicted molar refractivity (Wildman–Crippen MR) is 100 cm³/mol. The lowest BCUT2D eigenvalue weighted by molar-refractivity contribution is -0.116. The van der Waals surface area contributed by atoms with Crippen LogP contribution in [0.15, 0.2) is 48.5 Å². The summed E-state index contributed by atoms with van der Waals surface area (Å²) in [6, 6.07) is 14.7. The van der Waals surface area contributed by atoms with Gasteiger partial charge < -0.3 is 4.90 Å². The molecule has 1 aliphatic heterocycles. The van der Waals surface area contributed by atoms with Gasteiger partial charge in [0.2, 0.25) is 5.91 Å². The summed E-state index contributed by atoms with van der Waals surface area (Å²) in [6.07, 6.45) is 1.36. The Kier molecular flexibility index (Phi) is 5.16. The molecule has 2 aromatic carbocycles. The van der Waals surface area contributed by atoms with E-state index in [0.29, 0.717) is 37.1 Å². The Morgan fingerprint density at radius 2 is 1.50 bits per heavy atom. The van der Waals surface area contributed by atoms with E-state index in [1.165, 1.54) is 4.90 Å². The topological polar surface area (TPSA) is 57.7 Å². The van der Waals surface area contributed by atoms with Crippen LogP contribution in [0.2, 0.25) is 0 Å². The molecule has 134 valence electrons. The number of hydrogen-bond donors (Lipinski definition) is 0. The molecule has 0 atom stereocenters. The normalized spacial score (nSPS) is 13.1. The fourth-order valence-corrected chi connectivity index (χ4v) is 3.18. The first-order valence-corrected chi connectivity index (χ1v) is 8.79. The number of hydrogen-bond acceptors (Lipinski definition) is 3. The number of nitrogens with zero attached hydrogens (tertiary/aromatic N) is 2. The number of rotatable bonds is 6. The summed E-state index contributed by atoms with van der Waals surface area (Å²) in [6.45, 7) is 4.47. The van der Waals surface area contributed by atoms with Crippen molar-refractivity contribution in [1.82, 2.24) is 4.90 Å². The van der Waals surface area contributed by atoms with Gasteiger partial charge in [0.05, 0.1) is 11.1 Å². The molecule has 0 aromatic heterocycles. The highest BCUT2D eigenvalue weighted by Crippen LogP contribution is 2.23. The van der Waals surface area contributed by atoms with E-state index in [-0.39, 0.29) is 17.7 Å². The second-order valence-electron chi connectivity index (χ2n) is 6.52. The Balaban J connectivity index is 1.56. The molecule has 3 amide bonds. The van der Waals surface area contributed by atoms with E-state index >= 15 is 0 Å². The molecule has 0 radical (unpaired) electrons. The molecule has 0 aliphatic carbocycles. The van der Waals surface area contributed by atoms with Gasteiger partial charge >= 0.3 is 0 Å². The number of benzene rings is 2. The van der Waals surface area contributed by atoms with Crippen LogP contribution in [-0.4, -0.2) is 35.7 Å². The van der Waals surface area contributed by atoms with Crippen LogP contribution >= 0.6 is 0 Å². The summed E-state index contributed by atoms with van der Waals surface area (Å²) in [5.41, 5.74) is 2.96. The molecule has 0 N–H and O–H groups in total. The highest BCUT2D eigenvalue weighted by molar-refractivity contribution is 6.21. The van der Waals surface area contributed by atoms with Gasteiger partial charge in [0, 0.05) is 25.7 Å². The molecular weight excluding hydrogens is 328 g/mol. The van der Waals surface area contributed by atoms with Crippen LogP contribution in [0, 0.1) is 6.92 Å². The van der Waals surface area contributed by atoms with Crippen LogP contribution in [0.4, 0.5) is 5.69 Å². The molecule has 0 saturated carbocycles. The molecule has 1 aliphatic rings. The fraction of sp³-hybridized carbons (Fsp3) is 0.286. The number of aryl methyl sites for hydroxylation is 1. The van der Waals surface area contributed by atoms with Gasteiger partial charge in [-0.15, -0.1) is 0 Å². The summed E-state index contributed by atoms with van der Waals surface area (Å²) in [7, 11) is 0. The first-order valence-electron chi connectivity index (χ1n) is 8.79. The molecule has 0 unspecified atom stereocenters. The maximum absolute atomic E-state index is 12.3. The Hall–Kier alpha value is -2.95. The molecule has 1 heterocycles. The number of carbonyl (C=O) groups excluding carboxylic acids is 3. The molecule has 2 aromatic rings. The van der Waals surface area contributed by atoms with Crippen molar-refractivity contribution < 1.29 is 14.4 Å². The molecule has 0 bridgehead atoms. The van der Waals surface area contributed by atoms with Gasteiger partial charge in [0.25, 0.3) is 11.8 Å². The van der Waals surface area contributed by atoms with Crippen LogP contribution in [-0.2, 0) is 4.79 Å². The first kappa shape index (κ1) is 17.9. The smallest absolute Gasteiger partial charge is 0.261 e. The van der Waals surface area contributed by atoms with Crippen molar-refractivity contribution in [3.05, 3.63) is 65.2 Å². The van der Waals surface area contributed by atoms with Crippen LogP contribution < -0.4 is 4.90 Å². The molecule has 3 rings (SSSR count).